The quantitative estimate of drug-likeness (QED) is 0.433. The van der Waals surface area contributed by atoms with E-state index in [0.29, 0.717) is 18.3 Å². The highest BCUT2D eigenvalue weighted by Crippen LogP contribution is 2.51. The highest BCUT2D eigenvalue weighted by atomic mass is 16.7. The van der Waals surface area contributed by atoms with E-state index in [0.717, 1.165) is 51.6 Å². The predicted molar refractivity (Wildman–Crippen MR) is 93.8 cm³/mol. The SMILES string of the molecule is COC(=O)CCC/C=C1/C[C@H]2C[C@@H](OC3CCCCO3)[C@H](CO)[C@H]2C1. The van der Waals surface area contributed by atoms with Crippen LogP contribution in [0.25, 0.3) is 0 Å². The van der Waals surface area contributed by atoms with Gasteiger partial charge in [0.15, 0.2) is 6.29 Å². The van der Waals surface area contributed by atoms with Crippen LogP contribution in [0, 0.1) is 17.8 Å². The van der Waals surface area contributed by atoms with Gasteiger partial charge in [-0.05, 0) is 63.2 Å². The maximum Gasteiger partial charge on any atom is 0.305 e. The van der Waals surface area contributed by atoms with Crippen molar-refractivity contribution in [2.24, 2.45) is 17.8 Å². The molecule has 5 heteroatoms. The third-order valence-corrected chi connectivity index (χ3v) is 6.11. The maximum atomic E-state index is 11.2. The number of rotatable bonds is 7. The van der Waals surface area contributed by atoms with Gasteiger partial charge in [-0.15, -0.1) is 0 Å². The zero-order valence-electron chi connectivity index (χ0n) is 15.3. The number of hydrogen-bond acceptors (Lipinski definition) is 5. The van der Waals surface area contributed by atoms with Crippen molar-refractivity contribution in [3.63, 3.8) is 0 Å². The fourth-order valence-corrected chi connectivity index (χ4v) is 4.79. The number of hydrogen-bond donors (Lipinski definition) is 1. The summed E-state index contributed by atoms with van der Waals surface area (Å²) in [5.74, 6) is 1.26. The van der Waals surface area contributed by atoms with Crippen molar-refractivity contribution in [1.29, 1.82) is 0 Å². The topological polar surface area (TPSA) is 65.0 Å². The Hall–Kier alpha value is -0.910. The summed E-state index contributed by atoms with van der Waals surface area (Å²) < 4.78 is 16.6. The van der Waals surface area contributed by atoms with Crippen LogP contribution in [-0.4, -0.2) is 43.8 Å². The number of fused-ring (bicyclic) bond motifs is 1. The highest BCUT2D eigenvalue weighted by molar-refractivity contribution is 5.69. The Morgan fingerprint density at radius 2 is 2.24 bits per heavy atom. The molecule has 142 valence electrons. The van der Waals surface area contributed by atoms with Crippen LogP contribution in [0.2, 0.25) is 0 Å². The molecule has 0 radical (unpaired) electrons. The molecule has 1 unspecified atom stereocenters. The zero-order chi connectivity index (χ0) is 17.6. The van der Waals surface area contributed by atoms with Crippen LogP contribution in [-0.2, 0) is 19.0 Å². The average molecular weight is 352 g/mol. The summed E-state index contributed by atoms with van der Waals surface area (Å²) >= 11 is 0. The van der Waals surface area contributed by atoms with Crippen LogP contribution in [0.3, 0.4) is 0 Å². The molecule has 0 aromatic carbocycles. The van der Waals surface area contributed by atoms with Crippen LogP contribution in [0.5, 0.6) is 0 Å². The molecule has 5 atom stereocenters. The van der Waals surface area contributed by atoms with Crippen molar-refractivity contribution in [3.05, 3.63) is 11.6 Å². The number of allylic oxidation sites excluding steroid dienone is 2. The molecule has 0 amide bonds. The van der Waals surface area contributed by atoms with Crippen molar-refractivity contribution >= 4 is 5.97 Å². The Balaban J connectivity index is 1.47. The van der Waals surface area contributed by atoms with Crippen LogP contribution in [0.1, 0.15) is 57.8 Å². The first-order chi connectivity index (χ1) is 12.2. The van der Waals surface area contributed by atoms with Crippen LogP contribution < -0.4 is 0 Å². The van der Waals surface area contributed by atoms with Crippen molar-refractivity contribution in [2.75, 3.05) is 20.3 Å². The standard InChI is InChI=1S/C20H32O5/c1-23-19(22)7-3-2-6-14-10-15-12-18(17(13-21)16(15)11-14)25-20-8-4-5-9-24-20/h6,15-18,20-21H,2-5,7-13H2,1H3/b14-6-/t15-,16-,17+,18+,20?/m0/s1. The second-order valence-corrected chi connectivity index (χ2v) is 7.72. The van der Waals surface area contributed by atoms with E-state index in [1.165, 1.54) is 19.1 Å². The molecular weight excluding hydrogens is 320 g/mol. The second-order valence-electron chi connectivity index (χ2n) is 7.72. The fourth-order valence-electron chi connectivity index (χ4n) is 4.79. The van der Waals surface area contributed by atoms with E-state index in [-0.39, 0.29) is 30.9 Å². The van der Waals surface area contributed by atoms with Gasteiger partial charge < -0.3 is 19.3 Å². The van der Waals surface area contributed by atoms with Gasteiger partial charge in [-0.1, -0.05) is 11.6 Å². The number of ether oxygens (including phenoxy) is 3. The minimum atomic E-state index is -0.132. The normalized spacial score (nSPS) is 36.6. The summed E-state index contributed by atoms with van der Waals surface area (Å²) in [6.45, 7) is 1.00. The molecule has 3 rings (SSSR count). The molecule has 1 N–H and O–H groups in total. The number of unbranched alkanes of at least 4 members (excludes halogenated alkanes) is 1. The Labute approximate surface area is 150 Å². The van der Waals surface area contributed by atoms with E-state index in [2.05, 4.69) is 10.8 Å². The lowest BCUT2D eigenvalue weighted by molar-refractivity contribution is -0.198. The molecule has 25 heavy (non-hydrogen) atoms. The minimum absolute atomic E-state index is 0.0695. The largest absolute Gasteiger partial charge is 0.469 e. The van der Waals surface area contributed by atoms with Gasteiger partial charge in [0.2, 0.25) is 0 Å². The molecule has 2 saturated carbocycles. The smallest absolute Gasteiger partial charge is 0.305 e. The Morgan fingerprint density at radius 1 is 1.36 bits per heavy atom. The van der Waals surface area contributed by atoms with Crippen molar-refractivity contribution in [1.82, 2.24) is 0 Å². The summed E-state index contributed by atoms with van der Waals surface area (Å²) in [6.07, 6.45) is 11.1. The molecule has 3 aliphatic rings. The summed E-state index contributed by atoms with van der Waals surface area (Å²) in [7, 11) is 1.44. The van der Waals surface area contributed by atoms with Crippen molar-refractivity contribution in [3.8, 4) is 0 Å². The molecule has 0 bridgehead atoms. The van der Waals surface area contributed by atoms with Gasteiger partial charge in [0.1, 0.15) is 0 Å². The Morgan fingerprint density at radius 3 is 2.96 bits per heavy atom. The summed E-state index contributed by atoms with van der Waals surface area (Å²) in [4.78, 5) is 11.2. The van der Waals surface area contributed by atoms with Gasteiger partial charge in [-0.2, -0.15) is 0 Å². The van der Waals surface area contributed by atoms with Crippen molar-refractivity contribution in [2.45, 2.75) is 70.2 Å². The van der Waals surface area contributed by atoms with Gasteiger partial charge in [0, 0.05) is 25.6 Å². The molecular formula is C20H32O5. The third kappa shape index (κ3) is 4.83. The van der Waals surface area contributed by atoms with E-state index in [4.69, 9.17) is 9.47 Å². The number of methoxy groups -OCH3 is 1. The van der Waals surface area contributed by atoms with Gasteiger partial charge >= 0.3 is 5.97 Å². The number of aliphatic hydroxyl groups is 1. The summed E-state index contributed by atoms with van der Waals surface area (Å²) in [5.41, 5.74) is 1.49. The number of esters is 1. The molecule has 1 heterocycles. The summed E-state index contributed by atoms with van der Waals surface area (Å²) in [5, 5.41) is 9.91. The lowest BCUT2D eigenvalue weighted by Gasteiger charge is -2.29. The first kappa shape index (κ1) is 18.9. The van der Waals surface area contributed by atoms with Crippen molar-refractivity contribution < 1.29 is 24.1 Å². The minimum Gasteiger partial charge on any atom is -0.469 e. The molecule has 5 nitrogen and oxygen atoms in total. The first-order valence-corrected chi connectivity index (χ1v) is 9.84. The zero-order valence-corrected chi connectivity index (χ0v) is 15.3. The first-order valence-electron chi connectivity index (χ1n) is 9.84. The fraction of sp³-hybridized carbons (Fsp3) is 0.850. The second kappa shape index (κ2) is 9.15. The summed E-state index contributed by atoms with van der Waals surface area (Å²) in [6, 6.07) is 0. The van der Waals surface area contributed by atoms with Crippen LogP contribution >= 0.6 is 0 Å². The van der Waals surface area contributed by atoms with E-state index < -0.39 is 0 Å². The van der Waals surface area contributed by atoms with Gasteiger partial charge in [-0.3, -0.25) is 4.79 Å². The van der Waals surface area contributed by atoms with Crippen LogP contribution in [0.15, 0.2) is 11.6 Å². The number of carbonyl (C=O) groups is 1. The molecule has 2 aliphatic carbocycles. The van der Waals surface area contributed by atoms with E-state index in [9.17, 15) is 9.90 Å². The van der Waals surface area contributed by atoms with Gasteiger partial charge in [0.05, 0.1) is 13.2 Å². The van der Waals surface area contributed by atoms with E-state index in [1.807, 2.05) is 0 Å². The lowest BCUT2D eigenvalue weighted by Crippen LogP contribution is -2.32. The van der Waals surface area contributed by atoms with Gasteiger partial charge in [-0.25, -0.2) is 0 Å². The number of aliphatic hydroxyl groups excluding tert-OH is 1. The van der Waals surface area contributed by atoms with Gasteiger partial charge in [0.25, 0.3) is 0 Å². The average Bonchev–Trinajstić information content (AvgIpc) is 3.16. The Bertz CT molecular complexity index is 469. The molecule has 0 aromatic rings. The molecule has 0 aromatic heterocycles. The molecule has 1 saturated heterocycles. The monoisotopic (exact) mass is 352 g/mol. The Kier molecular flexibility index (Phi) is 6.91. The van der Waals surface area contributed by atoms with E-state index >= 15 is 0 Å². The number of carbonyl (C=O) groups excluding carboxylic acids is 1. The predicted octanol–water partition coefficient (Wildman–Crippen LogP) is 3.21. The van der Waals surface area contributed by atoms with Crippen LogP contribution in [0.4, 0.5) is 0 Å². The molecule has 1 aliphatic heterocycles. The lowest BCUT2D eigenvalue weighted by atomic mass is 9.92. The van der Waals surface area contributed by atoms with E-state index in [1.54, 1.807) is 0 Å². The maximum absolute atomic E-state index is 11.2. The molecule has 0 spiro atoms. The highest BCUT2D eigenvalue weighted by Gasteiger charge is 2.47. The third-order valence-electron chi connectivity index (χ3n) is 6.11. The molecule has 3 fully saturated rings.